The van der Waals surface area contributed by atoms with Gasteiger partial charge in [0.1, 0.15) is 5.75 Å². The van der Waals surface area contributed by atoms with Crippen LogP contribution in [0.3, 0.4) is 0 Å². The molecule has 1 aromatic heterocycles. The van der Waals surface area contributed by atoms with Gasteiger partial charge in [0.25, 0.3) is 0 Å². The number of halogens is 1. The molecule has 0 bridgehead atoms. The van der Waals surface area contributed by atoms with E-state index in [1.54, 1.807) is 18.4 Å². The Kier molecular flexibility index (Phi) is 4.38. The third-order valence-corrected chi connectivity index (χ3v) is 3.77. The lowest BCUT2D eigenvalue weighted by Crippen LogP contribution is -1.96. The minimum absolute atomic E-state index is 0.721. The van der Waals surface area contributed by atoms with E-state index in [-0.39, 0.29) is 0 Å². The topological polar surface area (TPSA) is 34.2 Å². The number of benzene rings is 1. The summed E-state index contributed by atoms with van der Waals surface area (Å²) in [7, 11) is 1.65. The number of aromatic nitrogens is 1. The minimum atomic E-state index is 0.721. The molecule has 3 nitrogen and oxygen atoms in total. The highest BCUT2D eigenvalue weighted by Gasteiger charge is 2.07. The maximum atomic E-state index is 5.21. The summed E-state index contributed by atoms with van der Waals surface area (Å²) in [6, 6.07) is 5.93. The van der Waals surface area contributed by atoms with Crippen molar-refractivity contribution in [2.75, 3.05) is 19.0 Å². The number of hydrogen-bond donors (Lipinski definition) is 1. The van der Waals surface area contributed by atoms with E-state index < -0.39 is 0 Å². The summed E-state index contributed by atoms with van der Waals surface area (Å²) in [5.41, 5.74) is 2.01. The fourth-order valence-corrected chi connectivity index (χ4v) is 2.74. The van der Waals surface area contributed by atoms with Crippen LogP contribution in [0.2, 0.25) is 0 Å². The second kappa shape index (κ2) is 6.02. The molecule has 94 valence electrons. The number of anilines is 1. The fraction of sp³-hybridized carbons (Fsp3) is 0.154. The number of ether oxygens (including phenoxy) is 1. The third-order valence-electron chi connectivity index (χ3n) is 2.35. The van der Waals surface area contributed by atoms with Crippen molar-refractivity contribution in [2.24, 2.45) is 0 Å². The van der Waals surface area contributed by atoms with E-state index in [1.807, 2.05) is 29.7 Å². The van der Waals surface area contributed by atoms with Gasteiger partial charge >= 0.3 is 0 Å². The van der Waals surface area contributed by atoms with E-state index >= 15 is 0 Å². The predicted octanol–water partition coefficient (Wildman–Crippen LogP) is 4.18. The van der Waals surface area contributed by atoms with Crippen molar-refractivity contribution in [2.45, 2.75) is 0 Å². The molecule has 0 saturated heterocycles. The van der Waals surface area contributed by atoms with Gasteiger partial charge in [0.2, 0.25) is 0 Å². The molecule has 1 aromatic carbocycles. The van der Waals surface area contributed by atoms with E-state index in [1.165, 1.54) is 0 Å². The first kappa shape index (κ1) is 13.1. The Morgan fingerprint density at radius 1 is 1.56 bits per heavy atom. The van der Waals surface area contributed by atoms with Crippen molar-refractivity contribution in [3.8, 4) is 17.0 Å². The van der Waals surface area contributed by atoms with Gasteiger partial charge < -0.3 is 10.1 Å². The van der Waals surface area contributed by atoms with Gasteiger partial charge in [-0.05, 0) is 34.1 Å². The van der Waals surface area contributed by atoms with E-state index in [0.29, 0.717) is 0 Å². The quantitative estimate of drug-likeness (QED) is 0.838. The number of rotatable bonds is 5. The van der Waals surface area contributed by atoms with Gasteiger partial charge in [0.15, 0.2) is 5.13 Å². The molecule has 0 saturated carbocycles. The molecule has 1 heterocycles. The van der Waals surface area contributed by atoms with Crippen LogP contribution in [0.4, 0.5) is 5.13 Å². The number of thiazole rings is 1. The van der Waals surface area contributed by atoms with Crippen molar-refractivity contribution in [1.29, 1.82) is 0 Å². The van der Waals surface area contributed by atoms with Crippen LogP contribution in [0, 0.1) is 0 Å². The Morgan fingerprint density at radius 3 is 3.06 bits per heavy atom. The monoisotopic (exact) mass is 324 g/mol. The summed E-state index contributed by atoms with van der Waals surface area (Å²) >= 11 is 5.06. The zero-order valence-electron chi connectivity index (χ0n) is 9.94. The zero-order valence-corrected chi connectivity index (χ0v) is 12.3. The summed E-state index contributed by atoms with van der Waals surface area (Å²) < 4.78 is 6.13. The first-order chi connectivity index (χ1) is 8.74. The average Bonchev–Trinajstić information content (AvgIpc) is 2.85. The van der Waals surface area contributed by atoms with E-state index in [0.717, 1.165) is 33.2 Å². The highest BCUT2D eigenvalue weighted by molar-refractivity contribution is 9.10. The second-order valence-corrected chi connectivity index (χ2v) is 5.27. The smallest absolute Gasteiger partial charge is 0.183 e. The van der Waals surface area contributed by atoms with Crippen molar-refractivity contribution >= 4 is 32.4 Å². The van der Waals surface area contributed by atoms with Gasteiger partial charge in [-0.15, -0.1) is 17.9 Å². The van der Waals surface area contributed by atoms with Crippen LogP contribution in [0.5, 0.6) is 5.75 Å². The Bertz CT molecular complexity index is 554. The fourth-order valence-electron chi connectivity index (χ4n) is 1.47. The molecule has 0 fully saturated rings. The first-order valence-electron chi connectivity index (χ1n) is 5.39. The molecule has 0 atom stereocenters. The lowest BCUT2D eigenvalue weighted by atomic mass is 10.2. The Morgan fingerprint density at radius 2 is 2.39 bits per heavy atom. The molecule has 2 rings (SSSR count). The van der Waals surface area contributed by atoms with Crippen molar-refractivity contribution in [3.05, 3.63) is 40.7 Å². The normalized spacial score (nSPS) is 10.1. The lowest BCUT2D eigenvalue weighted by molar-refractivity contribution is 0.412. The number of nitrogens with one attached hydrogen (secondary N) is 1. The van der Waals surface area contributed by atoms with Crippen LogP contribution in [-0.2, 0) is 0 Å². The van der Waals surface area contributed by atoms with E-state index in [9.17, 15) is 0 Å². The number of hydrogen-bond acceptors (Lipinski definition) is 4. The van der Waals surface area contributed by atoms with Crippen molar-refractivity contribution in [1.82, 2.24) is 4.98 Å². The summed E-state index contributed by atoms with van der Waals surface area (Å²) in [6.07, 6.45) is 1.81. The van der Waals surface area contributed by atoms with Gasteiger partial charge in [0, 0.05) is 17.5 Å². The lowest BCUT2D eigenvalue weighted by Gasteiger charge is -2.04. The molecule has 0 aliphatic heterocycles. The maximum absolute atomic E-state index is 5.21. The standard InChI is InChI=1S/C13H13BrN2OS/c1-3-6-15-13-16-11(8-18-13)9-4-5-12(17-2)10(14)7-9/h3-5,7-8H,1,6H2,2H3,(H,15,16). The Balaban J connectivity index is 2.23. The largest absolute Gasteiger partial charge is 0.496 e. The Labute approximate surface area is 119 Å². The molecule has 2 aromatic rings. The van der Waals surface area contributed by atoms with Crippen molar-refractivity contribution in [3.63, 3.8) is 0 Å². The van der Waals surface area contributed by atoms with Crippen LogP contribution in [-0.4, -0.2) is 18.6 Å². The third kappa shape index (κ3) is 2.91. The first-order valence-corrected chi connectivity index (χ1v) is 7.06. The van der Waals surface area contributed by atoms with Gasteiger partial charge in [-0.25, -0.2) is 4.98 Å². The molecule has 0 unspecified atom stereocenters. The van der Waals surface area contributed by atoms with Gasteiger partial charge in [-0.2, -0.15) is 0 Å². The van der Waals surface area contributed by atoms with Gasteiger partial charge in [0.05, 0.1) is 17.3 Å². The second-order valence-electron chi connectivity index (χ2n) is 3.56. The maximum Gasteiger partial charge on any atom is 0.183 e. The number of nitrogens with zero attached hydrogens (tertiary/aromatic N) is 1. The SMILES string of the molecule is C=CCNc1nc(-c2ccc(OC)c(Br)c2)cs1. The van der Waals surface area contributed by atoms with Gasteiger partial charge in [-0.1, -0.05) is 6.08 Å². The highest BCUT2D eigenvalue weighted by atomic mass is 79.9. The van der Waals surface area contributed by atoms with E-state index in [4.69, 9.17) is 4.74 Å². The Hall–Kier alpha value is -1.33. The molecule has 0 spiro atoms. The number of methoxy groups -OCH3 is 1. The van der Waals surface area contributed by atoms with E-state index in [2.05, 4.69) is 32.8 Å². The minimum Gasteiger partial charge on any atom is -0.496 e. The molecule has 1 N–H and O–H groups in total. The molecule has 18 heavy (non-hydrogen) atoms. The molecular formula is C13H13BrN2OS. The molecule has 0 amide bonds. The predicted molar refractivity (Wildman–Crippen MR) is 80.5 cm³/mol. The average molecular weight is 325 g/mol. The molecule has 0 aliphatic carbocycles. The van der Waals surface area contributed by atoms with Crippen LogP contribution < -0.4 is 10.1 Å². The molecular weight excluding hydrogens is 312 g/mol. The van der Waals surface area contributed by atoms with Gasteiger partial charge in [-0.3, -0.25) is 0 Å². The molecule has 0 aliphatic rings. The summed E-state index contributed by atoms with van der Waals surface area (Å²) in [6.45, 7) is 4.39. The van der Waals surface area contributed by atoms with Crippen LogP contribution in [0.1, 0.15) is 0 Å². The highest BCUT2D eigenvalue weighted by Crippen LogP contribution is 2.31. The van der Waals surface area contributed by atoms with Crippen LogP contribution >= 0.6 is 27.3 Å². The van der Waals surface area contributed by atoms with Crippen LogP contribution in [0.15, 0.2) is 40.7 Å². The van der Waals surface area contributed by atoms with Crippen molar-refractivity contribution < 1.29 is 4.74 Å². The molecule has 5 heteroatoms. The van der Waals surface area contributed by atoms with Crippen LogP contribution in [0.25, 0.3) is 11.3 Å². The summed E-state index contributed by atoms with van der Waals surface area (Å²) in [4.78, 5) is 4.51. The molecule has 0 radical (unpaired) electrons. The summed E-state index contributed by atoms with van der Waals surface area (Å²) in [5, 5.41) is 6.10. The zero-order chi connectivity index (χ0) is 13.0. The summed E-state index contributed by atoms with van der Waals surface area (Å²) in [5.74, 6) is 0.819.